The van der Waals surface area contributed by atoms with Crippen LogP contribution in [0.25, 0.3) is 27.7 Å². The first-order chi connectivity index (χ1) is 15.0. The Morgan fingerprint density at radius 2 is 2.03 bits per heavy atom. The highest BCUT2D eigenvalue weighted by atomic mass is 16.5. The monoisotopic (exact) mass is 417 g/mol. The number of aryl methyl sites for hydroxylation is 1. The molecule has 1 aliphatic heterocycles. The van der Waals surface area contributed by atoms with E-state index in [-0.39, 0.29) is 5.91 Å². The molecule has 31 heavy (non-hydrogen) atoms. The van der Waals surface area contributed by atoms with Crippen molar-refractivity contribution in [2.45, 2.75) is 40.5 Å². The number of nitrogens with zero attached hydrogens (tertiary/aromatic N) is 1. The van der Waals surface area contributed by atoms with Gasteiger partial charge in [-0.15, -0.1) is 0 Å². The van der Waals surface area contributed by atoms with Crippen LogP contribution in [0.4, 0.5) is 0 Å². The van der Waals surface area contributed by atoms with Gasteiger partial charge in [0.1, 0.15) is 11.3 Å². The number of ether oxygens (including phenoxy) is 1. The van der Waals surface area contributed by atoms with Crippen LogP contribution in [0.2, 0.25) is 0 Å². The highest BCUT2D eigenvalue weighted by Crippen LogP contribution is 2.37. The third-order valence-corrected chi connectivity index (χ3v) is 6.07. The van der Waals surface area contributed by atoms with Crippen LogP contribution >= 0.6 is 0 Å². The van der Waals surface area contributed by atoms with Crippen LogP contribution in [-0.2, 0) is 4.79 Å². The molecule has 0 spiro atoms. The average Bonchev–Trinajstić information content (AvgIpc) is 3.16. The van der Waals surface area contributed by atoms with Gasteiger partial charge in [-0.05, 0) is 56.7 Å². The summed E-state index contributed by atoms with van der Waals surface area (Å²) >= 11 is 0. The molecule has 4 heteroatoms. The van der Waals surface area contributed by atoms with Crippen molar-refractivity contribution in [3.8, 4) is 16.9 Å². The molecule has 4 nitrogen and oxygen atoms in total. The maximum absolute atomic E-state index is 12.9. The van der Waals surface area contributed by atoms with Crippen LogP contribution in [-0.4, -0.2) is 30.5 Å². The number of rotatable bonds is 5. The summed E-state index contributed by atoms with van der Waals surface area (Å²) in [6.07, 6.45) is 5.83. The molecule has 162 valence electrons. The lowest BCUT2D eigenvalue weighted by Gasteiger charge is -2.30. The minimum absolute atomic E-state index is 0.0811. The maximum Gasteiger partial charge on any atom is 0.246 e. The van der Waals surface area contributed by atoms with Gasteiger partial charge in [-0.1, -0.05) is 36.8 Å². The summed E-state index contributed by atoms with van der Waals surface area (Å²) in [5, 5.41) is 1.02. The number of hydrogen-bond donors (Lipinski definition) is 0. The van der Waals surface area contributed by atoms with E-state index in [4.69, 9.17) is 9.15 Å². The number of benzene rings is 2. The van der Waals surface area contributed by atoms with Crippen molar-refractivity contribution < 1.29 is 13.9 Å². The second-order valence-corrected chi connectivity index (χ2v) is 8.65. The van der Waals surface area contributed by atoms with Crippen molar-refractivity contribution in [2.24, 2.45) is 5.92 Å². The Labute approximate surface area is 184 Å². The Morgan fingerprint density at radius 1 is 1.26 bits per heavy atom. The molecule has 4 rings (SSSR count). The second-order valence-electron chi connectivity index (χ2n) is 8.65. The van der Waals surface area contributed by atoms with E-state index in [0.29, 0.717) is 12.5 Å². The molecule has 2 aromatic carbocycles. The number of piperidine rings is 1. The van der Waals surface area contributed by atoms with Crippen molar-refractivity contribution >= 4 is 22.4 Å². The van der Waals surface area contributed by atoms with Gasteiger partial charge in [-0.25, -0.2) is 0 Å². The first-order valence-corrected chi connectivity index (χ1v) is 11.2. The molecule has 1 unspecified atom stereocenters. The third-order valence-electron chi connectivity index (χ3n) is 6.07. The summed E-state index contributed by atoms with van der Waals surface area (Å²) < 4.78 is 11.8. The minimum Gasteiger partial charge on any atom is -0.493 e. The molecule has 1 saturated heterocycles. The van der Waals surface area contributed by atoms with Crippen LogP contribution in [0.1, 0.15) is 44.7 Å². The molecule has 1 atom stereocenters. The summed E-state index contributed by atoms with van der Waals surface area (Å²) in [4.78, 5) is 14.9. The van der Waals surface area contributed by atoms with Gasteiger partial charge in [0.05, 0.1) is 12.9 Å². The number of hydrogen-bond acceptors (Lipinski definition) is 3. The highest BCUT2D eigenvalue weighted by Gasteiger charge is 2.21. The van der Waals surface area contributed by atoms with Gasteiger partial charge in [-0.2, -0.15) is 0 Å². The lowest BCUT2D eigenvalue weighted by molar-refractivity contribution is -0.127. The van der Waals surface area contributed by atoms with Crippen LogP contribution < -0.4 is 4.74 Å². The van der Waals surface area contributed by atoms with Gasteiger partial charge in [0, 0.05) is 41.7 Å². The number of allylic oxidation sites excluding steroid dienone is 1. The largest absolute Gasteiger partial charge is 0.493 e. The third kappa shape index (κ3) is 4.53. The molecule has 1 aromatic heterocycles. The SMILES string of the molecule is CCOc1cc2occ(-c3ccc(C)cc3)c2cc1/C(C)=C/C(=O)N1CCCC(C)C1. The van der Waals surface area contributed by atoms with Crippen molar-refractivity contribution in [2.75, 3.05) is 19.7 Å². The molecule has 0 N–H and O–H groups in total. The summed E-state index contributed by atoms with van der Waals surface area (Å²) in [5.41, 5.74) is 6.00. The summed E-state index contributed by atoms with van der Waals surface area (Å²) in [6, 6.07) is 12.5. The number of carbonyl (C=O) groups is 1. The van der Waals surface area contributed by atoms with E-state index in [9.17, 15) is 4.79 Å². The normalized spacial score (nSPS) is 17.2. The Hall–Kier alpha value is -3.01. The fourth-order valence-corrected chi connectivity index (χ4v) is 4.34. The second kappa shape index (κ2) is 9.01. The molecule has 1 amide bonds. The summed E-state index contributed by atoms with van der Waals surface area (Å²) in [7, 11) is 0. The predicted molar refractivity (Wildman–Crippen MR) is 126 cm³/mol. The molecule has 0 aliphatic carbocycles. The molecule has 0 saturated carbocycles. The van der Waals surface area contributed by atoms with E-state index in [1.165, 1.54) is 12.0 Å². The maximum atomic E-state index is 12.9. The quantitative estimate of drug-likeness (QED) is 0.447. The van der Waals surface area contributed by atoms with Gasteiger partial charge in [0.15, 0.2) is 0 Å². The van der Waals surface area contributed by atoms with Gasteiger partial charge in [0.2, 0.25) is 5.91 Å². The number of furan rings is 1. The first-order valence-electron chi connectivity index (χ1n) is 11.2. The average molecular weight is 418 g/mol. The van der Waals surface area contributed by atoms with Crippen LogP contribution in [0.5, 0.6) is 5.75 Å². The fourth-order valence-electron chi connectivity index (χ4n) is 4.34. The summed E-state index contributed by atoms with van der Waals surface area (Å²) in [5.74, 6) is 1.38. The first kappa shape index (κ1) is 21.2. The lowest BCUT2D eigenvalue weighted by Crippen LogP contribution is -2.38. The van der Waals surface area contributed by atoms with E-state index in [0.717, 1.165) is 58.5 Å². The number of carbonyl (C=O) groups excluding carboxylic acids is 1. The Morgan fingerprint density at radius 3 is 2.74 bits per heavy atom. The van der Waals surface area contributed by atoms with Gasteiger partial charge >= 0.3 is 0 Å². The Balaban J connectivity index is 1.74. The number of fused-ring (bicyclic) bond motifs is 1. The van der Waals surface area contributed by atoms with E-state index in [2.05, 4.69) is 44.2 Å². The van der Waals surface area contributed by atoms with Gasteiger partial charge in [0.25, 0.3) is 0 Å². The van der Waals surface area contributed by atoms with E-state index < -0.39 is 0 Å². The van der Waals surface area contributed by atoms with Crippen molar-refractivity contribution in [1.29, 1.82) is 0 Å². The molecule has 3 aromatic rings. The Bertz CT molecular complexity index is 1110. The zero-order valence-corrected chi connectivity index (χ0v) is 18.9. The lowest BCUT2D eigenvalue weighted by atomic mass is 9.98. The number of amides is 1. The zero-order chi connectivity index (χ0) is 22.0. The van der Waals surface area contributed by atoms with Crippen molar-refractivity contribution in [3.05, 3.63) is 59.9 Å². The molecule has 1 aliphatic rings. The number of likely N-dealkylation sites (tertiary alicyclic amines) is 1. The van der Waals surface area contributed by atoms with E-state index in [1.54, 1.807) is 12.3 Å². The molecular formula is C27H31NO3. The Kier molecular flexibility index (Phi) is 6.17. The highest BCUT2D eigenvalue weighted by molar-refractivity contribution is 6.00. The molecular weight excluding hydrogens is 386 g/mol. The smallest absolute Gasteiger partial charge is 0.246 e. The van der Waals surface area contributed by atoms with Crippen LogP contribution in [0.3, 0.4) is 0 Å². The summed E-state index contributed by atoms with van der Waals surface area (Å²) in [6.45, 7) is 10.5. The fraction of sp³-hybridized carbons (Fsp3) is 0.370. The predicted octanol–water partition coefficient (Wildman–Crippen LogP) is 6.47. The van der Waals surface area contributed by atoms with Gasteiger partial charge in [-0.3, -0.25) is 4.79 Å². The minimum atomic E-state index is 0.0811. The molecule has 2 heterocycles. The van der Waals surface area contributed by atoms with Crippen LogP contribution in [0.15, 0.2) is 53.2 Å². The standard InChI is InChI=1S/C27H31NO3/c1-5-30-25-15-26-23(24(17-31-26)21-10-8-18(2)9-11-21)14-22(25)20(4)13-27(29)28-12-6-7-19(3)16-28/h8-11,13-15,17,19H,5-7,12,16H2,1-4H3/b20-13+. The molecule has 0 radical (unpaired) electrons. The van der Waals surface area contributed by atoms with Crippen molar-refractivity contribution in [3.63, 3.8) is 0 Å². The van der Waals surface area contributed by atoms with Crippen molar-refractivity contribution in [1.82, 2.24) is 4.90 Å². The van der Waals surface area contributed by atoms with Crippen LogP contribution in [0, 0.1) is 12.8 Å². The molecule has 1 fully saturated rings. The molecule has 0 bridgehead atoms. The zero-order valence-electron chi connectivity index (χ0n) is 18.9. The van der Waals surface area contributed by atoms with E-state index >= 15 is 0 Å². The van der Waals surface area contributed by atoms with E-state index in [1.807, 2.05) is 24.8 Å². The van der Waals surface area contributed by atoms with Gasteiger partial charge < -0.3 is 14.1 Å². The topological polar surface area (TPSA) is 42.7 Å².